The van der Waals surface area contributed by atoms with Crippen LogP contribution in [0.5, 0.6) is 11.5 Å². The highest BCUT2D eigenvalue weighted by atomic mass is 32.1. The van der Waals surface area contributed by atoms with Gasteiger partial charge in [-0.25, -0.2) is 0 Å². The van der Waals surface area contributed by atoms with Crippen molar-refractivity contribution in [2.24, 2.45) is 0 Å². The number of nitrogens with one attached hydrogen (secondary N) is 2. The van der Waals surface area contributed by atoms with E-state index < -0.39 is 0 Å². The van der Waals surface area contributed by atoms with Crippen molar-refractivity contribution < 1.29 is 9.53 Å². The van der Waals surface area contributed by atoms with Gasteiger partial charge in [-0.2, -0.15) is 0 Å². The molecule has 3 rings (SSSR count). The molecule has 5 nitrogen and oxygen atoms in total. The van der Waals surface area contributed by atoms with Crippen LogP contribution in [0.3, 0.4) is 0 Å². The van der Waals surface area contributed by atoms with Crippen molar-refractivity contribution in [3.05, 3.63) is 80.9 Å². The minimum atomic E-state index is -0.261. The van der Waals surface area contributed by atoms with Gasteiger partial charge in [0.05, 0.1) is 12.1 Å². The van der Waals surface area contributed by atoms with Gasteiger partial charge in [0.2, 0.25) is 0 Å². The number of ether oxygens (including phenoxy) is 1. The van der Waals surface area contributed by atoms with E-state index in [1.54, 1.807) is 23.6 Å². The first-order valence-corrected chi connectivity index (χ1v) is 7.87. The highest BCUT2D eigenvalue weighted by Gasteiger charge is 2.12. The second-order valence-corrected chi connectivity index (χ2v) is 5.61. The third kappa shape index (κ3) is 3.87. The molecule has 116 valence electrons. The smallest absolute Gasteiger partial charge is 0.304 e. The lowest BCUT2D eigenvalue weighted by Crippen LogP contribution is -2.23. The number of H-pyrrole nitrogens is 1. The lowest BCUT2D eigenvalue weighted by molar-refractivity contribution is 0.0948. The lowest BCUT2D eigenvalue weighted by atomic mass is 10.2. The molecule has 0 saturated heterocycles. The van der Waals surface area contributed by atoms with Crippen LogP contribution >= 0.6 is 11.3 Å². The first kappa shape index (κ1) is 15.1. The van der Waals surface area contributed by atoms with Gasteiger partial charge in [0.15, 0.2) is 0 Å². The highest BCUT2D eigenvalue weighted by Crippen LogP contribution is 2.24. The molecule has 1 aromatic heterocycles. The molecule has 0 radical (unpaired) electrons. The van der Waals surface area contributed by atoms with Crippen molar-refractivity contribution in [1.82, 2.24) is 10.3 Å². The average molecular weight is 326 g/mol. The number of carbonyl (C=O) groups excluding carboxylic acids is 1. The predicted octanol–water partition coefficient (Wildman–Crippen LogP) is 3.16. The summed E-state index contributed by atoms with van der Waals surface area (Å²) < 4.78 is 5.77. The van der Waals surface area contributed by atoms with Gasteiger partial charge in [0.25, 0.3) is 5.91 Å². The summed E-state index contributed by atoms with van der Waals surface area (Å²) in [4.78, 5) is 26.0. The van der Waals surface area contributed by atoms with E-state index in [0.717, 1.165) is 11.3 Å². The Labute approximate surface area is 136 Å². The molecule has 0 saturated carbocycles. The number of rotatable bonds is 5. The molecule has 1 amide bonds. The normalized spacial score (nSPS) is 10.3. The highest BCUT2D eigenvalue weighted by molar-refractivity contribution is 7.07. The number of para-hydroxylation sites is 2. The maximum absolute atomic E-state index is 12.4. The second kappa shape index (κ2) is 6.93. The van der Waals surface area contributed by atoms with Crippen molar-refractivity contribution in [2.45, 2.75) is 6.54 Å². The molecule has 0 bridgehead atoms. The molecule has 2 N–H and O–H groups in total. The van der Waals surface area contributed by atoms with Crippen LogP contribution in [0.2, 0.25) is 0 Å². The number of thiazole rings is 1. The molecule has 3 aromatic rings. The maximum Gasteiger partial charge on any atom is 0.304 e. The Kier molecular flexibility index (Phi) is 4.54. The van der Waals surface area contributed by atoms with Gasteiger partial charge in [-0.1, -0.05) is 41.7 Å². The van der Waals surface area contributed by atoms with E-state index in [2.05, 4.69) is 10.3 Å². The number of aromatic nitrogens is 1. The molecular formula is C17H14N2O3S. The molecule has 23 heavy (non-hydrogen) atoms. The summed E-state index contributed by atoms with van der Waals surface area (Å²) in [5.41, 5.74) is 1.11. The van der Waals surface area contributed by atoms with Crippen molar-refractivity contribution in [2.75, 3.05) is 0 Å². The topological polar surface area (TPSA) is 71.2 Å². The first-order chi connectivity index (χ1) is 11.2. The number of carbonyl (C=O) groups is 1. The van der Waals surface area contributed by atoms with E-state index >= 15 is 0 Å². The fraction of sp³-hybridized carbons (Fsp3) is 0.0588. The van der Waals surface area contributed by atoms with Gasteiger partial charge in [0, 0.05) is 11.1 Å². The Hall–Kier alpha value is -2.86. The third-order valence-electron chi connectivity index (χ3n) is 3.11. The molecule has 1 heterocycles. The quantitative estimate of drug-likeness (QED) is 0.756. The van der Waals surface area contributed by atoms with E-state index in [-0.39, 0.29) is 17.3 Å². The van der Waals surface area contributed by atoms with Gasteiger partial charge in [-0.05, 0) is 24.3 Å². The zero-order chi connectivity index (χ0) is 16.1. The minimum Gasteiger partial charge on any atom is -0.457 e. The van der Waals surface area contributed by atoms with Gasteiger partial charge in [-0.3, -0.25) is 9.59 Å². The number of benzene rings is 2. The zero-order valence-electron chi connectivity index (χ0n) is 12.1. The van der Waals surface area contributed by atoms with E-state index in [0.29, 0.717) is 22.8 Å². The van der Waals surface area contributed by atoms with E-state index in [4.69, 9.17) is 4.74 Å². The lowest BCUT2D eigenvalue weighted by Gasteiger charge is -2.11. The SMILES string of the molecule is O=C(NCc1csc(=O)[nH]1)c1ccccc1Oc1ccccc1. The van der Waals surface area contributed by atoms with Gasteiger partial charge < -0.3 is 15.0 Å². The van der Waals surface area contributed by atoms with Crippen molar-refractivity contribution in [3.8, 4) is 11.5 Å². The Bertz CT molecular complexity index is 855. The van der Waals surface area contributed by atoms with Crippen LogP contribution in [-0.4, -0.2) is 10.9 Å². The minimum absolute atomic E-state index is 0.137. The molecule has 0 aliphatic carbocycles. The number of hydrogen-bond acceptors (Lipinski definition) is 4. The van der Waals surface area contributed by atoms with Gasteiger partial charge >= 0.3 is 4.87 Å². The Balaban J connectivity index is 1.74. The molecule has 0 unspecified atom stereocenters. The monoisotopic (exact) mass is 326 g/mol. The third-order valence-corrected chi connectivity index (χ3v) is 3.83. The number of aromatic amines is 1. The van der Waals surface area contributed by atoms with Crippen LogP contribution in [0, 0.1) is 0 Å². The number of hydrogen-bond donors (Lipinski definition) is 2. The Morgan fingerprint density at radius 3 is 2.57 bits per heavy atom. The summed E-state index contributed by atoms with van der Waals surface area (Å²) >= 11 is 1.07. The van der Waals surface area contributed by atoms with Crippen LogP contribution in [0.1, 0.15) is 16.1 Å². The molecule has 0 atom stereocenters. The Morgan fingerprint density at radius 2 is 1.83 bits per heavy atom. The van der Waals surface area contributed by atoms with Gasteiger partial charge in [0.1, 0.15) is 11.5 Å². The molecule has 0 aliphatic rings. The maximum atomic E-state index is 12.4. The van der Waals surface area contributed by atoms with E-state index in [1.807, 2.05) is 36.4 Å². The fourth-order valence-electron chi connectivity index (χ4n) is 2.03. The van der Waals surface area contributed by atoms with Crippen LogP contribution < -0.4 is 14.9 Å². The zero-order valence-corrected chi connectivity index (χ0v) is 12.9. The molecular weight excluding hydrogens is 312 g/mol. The van der Waals surface area contributed by atoms with E-state index in [1.165, 1.54) is 0 Å². The largest absolute Gasteiger partial charge is 0.457 e. The molecule has 6 heteroatoms. The van der Waals surface area contributed by atoms with E-state index in [9.17, 15) is 9.59 Å². The fourth-order valence-corrected chi connectivity index (χ4v) is 2.61. The van der Waals surface area contributed by atoms with Crippen LogP contribution in [0.15, 0.2) is 64.8 Å². The first-order valence-electron chi connectivity index (χ1n) is 6.99. The van der Waals surface area contributed by atoms with Crippen LogP contribution in [0.4, 0.5) is 0 Å². The van der Waals surface area contributed by atoms with Crippen molar-refractivity contribution in [3.63, 3.8) is 0 Å². The summed E-state index contributed by atoms with van der Waals surface area (Å²) in [6, 6.07) is 16.3. The summed E-state index contributed by atoms with van der Waals surface area (Å²) in [6.07, 6.45) is 0. The summed E-state index contributed by atoms with van der Waals surface area (Å²) in [6.45, 7) is 0.261. The molecule has 0 fully saturated rings. The predicted molar refractivity (Wildman–Crippen MR) is 89.1 cm³/mol. The van der Waals surface area contributed by atoms with Crippen LogP contribution in [0.25, 0.3) is 0 Å². The standard InChI is InChI=1S/C17H14N2O3S/c20-16(18-10-12-11-23-17(21)19-12)14-8-4-5-9-15(14)22-13-6-2-1-3-7-13/h1-9,11H,10H2,(H,18,20)(H,19,21). The second-order valence-electron chi connectivity index (χ2n) is 4.77. The summed E-state index contributed by atoms with van der Waals surface area (Å²) in [5, 5.41) is 4.46. The summed E-state index contributed by atoms with van der Waals surface area (Å²) in [7, 11) is 0. The number of amides is 1. The molecule has 0 spiro atoms. The Morgan fingerprint density at radius 1 is 1.09 bits per heavy atom. The van der Waals surface area contributed by atoms with Crippen molar-refractivity contribution in [1.29, 1.82) is 0 Å². The summed E-state index contributed by atoms with van der Waals surface area (Å²) in [5.74, 6) is 0.883. The van der Waals surface area contributed by atoms with Gasteiger partial charge in [-0.15, -0.1) is 0 Å². The molecule has 2 aromatic carbocycles. The van der Waals surface area contributed by atoms with Crippen molar-refractivity contribution >= 4 is 17.2 Å². The average Bonchev–Trinajstić information content (AvgIpc) is 3.00. The van der Waals surface area contributed by atoms with Crippen LogP contribution in [-0.2, 0) is 6.54 Å². The molecule has 0 aliphatic heterocycles.